The Morgan fingerprint density at radius 3 is 2.95 bits per heavy atom. The van der Waals surface area contributed by atoms with Crippen LogP contribution in [0.1, 0.15) is 30.1 Å². The fraction of sp³-hybridized carbons (Fsp3) is 0.533. The number of hydrogen-bond acceptors (Lipinski definition) is 4. The number of carbonyl (C=O) groups is 1. The summed E-state index contributed by atoms with van der Waals surface area (Å²) in [5.74, 6) is 0.696. The first-order valence-electron chi connectivity index (χ1n) is 7.20. The Kier molecular flexibility index (Phi) is 5.24. The standard InChI is InChI=1S/C15H23N3O2/c1-2-17-15(19)12-5-6-13(16)14(9-12)18-7-8-20-10-11-3-4-11/h5-6,9,11,18H,2-4,7-8,10,16H2,1H3,(H,17,19). The van der Waals surface area contributed by atoms with Crippen LogP contribution in [0.3, 0.4) is 0 Å². The zero-order chi connectivity index (χ0) is 14.4. The number of ether oxygens (including phenoxy) is 1. The Morgan fingerprint density at radius 2 is 2.25 bits per heavy atom. The molecule has 5 heteroatoms. The second-order valence-corrected chi connectivity index (χ2v) is 5.11. The van der Waals surface area contributed by atoms with Gasteiger partial charge in [-0.2, -0.15) is 0 Å². The maximum atomic E-state index is 11.8. The molecular weight excluding hydrogens is 254 g/mol. The first-order valence-corrected chi connectivity index (χ1v) is 7.20. The van der Waals surface area contributed by atoms with Crippen LogP contribution in [0.15, 0.2) is 18.2 Å². The van der Waals surface area contributed by atoms with Gasteiger partial charge in [-0.25, -0.2) is 0 Å². The van der Waals surface area contributed by atoms with Crippen LogP contribution in [0.2, 0.25) is 0 Å². The zero-order valence-corrected chi connectivity index (χ0v) is 11.9. The number of carbonyl (C=O) groups excluding carboxylic acids is 1. The largest absolute Gasteiger partial charge is 0.397 e. The van der Waals surface area contributed by atoms with Gasteiger partial charge in [-0.3, -0.25) is 4.79 Å². The molecule has 4 N–H and O–H groups in total. The molecule has 2 rings (SSSR count). The second-order valence-electron chi connectivity index (χ2n) is 5.11. The Bertz CT molecular complexity index is 458. The van der Waals surface area contributed by atoms with Crippen molar-refractivity contribution in [3.8, 4) is 0 Å². The third kappa shape index (κ3) is 4.42. The SMILES string of the molecule is CCNC(=O)c1ccc(N)c(NCCOCC2CC2)c1. The molecule has 1 fully saturated rings. The smallest absolute Gasteiger partial charge is 0.251 e. The van der Waals surface area contributed by atoms with Crippen molar-refractivity contribution in [2.24, 2.45) is 5.92 Å². The van der Waals surface area contributed by atoms with Crippen molar-refractivity contribution in [1.29, 1.82) is 0 Å². The lowest BCUT2D eigenvalue weighted by atomic mass is 10.1. The van der Waals surface area contributed by atoms with Gasteiger partial charge in [-0.05, 0) is 43.9 Å². The number of rotatable bonds is 8. The van der Waals surface area contributed by atoms with E-state index in [1.807, 2.05) is 6.92 Å². The van der Waals surface area contributed by atoms with E-state index in [2.05, 4.69) is 10.6 Å². The van der Waals surface area contributed by atoms with Gasteiger partial charge in [0, 0.05) is 25.3 Å². The van der Waals surface area contributed by atoms with Crippen molar-refractivity contribution >= 4 is 17.3 Å². The average Bonchev–Trinajstić information content (AvgIpc) is 3.24. The van der Waals surface area contributed by atoms with Crippen molar-refractivity contribution < 1.29 is 9.53 Å². The molecule has 1 aliphatic rings. The minimum Gasteiger partial charge on any atom is -0.397 e. The lowest BCUT2D eigenvalue weighted by molar-refractivity contribution is 0.0956. The molecule has 0 aliphatic heterocycles. The minimum absolute atomic E-state index is 0.0828. The van der Waals surface area contributed by atoms with E-state index in [9.17, 15) is 4.79 Å². The minimum atomic E-state index is -0.0828. The molecule has 20 heavy (non-hydrogen) atoms. The molecule has 1 saturated carbocycles. The summed E-state index contributed by atoms with van der Waals surface area (Å²) in [6.45, 7) is 4.71. The van der Waals surface area contributed by atoms with E-state index in [0.717, 1.165) is 18.2 Å². The first-order chi connectivity index (χ1) is 9.70. The molecule has 1 aromatic carbocycles. The van der Waals surface area contributed by atoms with E-state index in [4.69, 9.17) is 10.5 Å². The predicted molar refractivity (Wildman–Crippen MR) is 80.9 cm³/mol. The van der Waals surface area contributed by atoms with Gasteiger partial charge in [0.1, 0.15) is 0 Å². The van der Waals surface area contributed by atoms with Crippen LogP contribution in [-0.4, -0.2) is 32.2 Å². The third-order valence-electron chi connectivity index (χ3n) is 3.27. The van der Waals surface area contributed by atoms with E-state index in [1.54, 1.807) is 18.2 Å². The van der Waals surface area contributed by atoms with E-state index >= 15 is 0 Å². The van der Waals surface area contributed by atoms with Crippen molar-refractivity contribution in [1.82, 2.24) is 5.32 Å². The Labute approximate surface area is 119 Å². The Hall–Kier alpha value is -1.75. The summed E-state index contributed by atoms with van der Waals surface area (Å²) >= 11 is 0. The summed E-state index contributed by atoms with van der Waals surface area (Å²) in [7, 11) is 0. The first kappa shape index (κ1) is 14.7. The number of nitrogen functional groups attached to an aromatic ring is 1. The molecular formula is C15H23N3O2. The highest BCUT2D eigenvalue weighted by Crippen LogP contribution is 2.28. The third-order valence-corrected chi connectivity index (χ3v) is 3.27. The molecule has 0 aromatic heterocycles. The van der Waals surface area contributed by atoms with E-state index in [1.165, 1.54) is 12.8 Å². The second kappa shape index (κ2) is 7.14. The van der Waals surface area contributed by atoms with Crippen LogP contribution < -0.4 is 16.4 Å². The van der Waals surface area contributed by atoms with Crippen molar-refractivity contribution in [2.45, 2.75) is 19.8 Å². The van der Waals surface area contributed by atoms with Gasteiger partial charge in [-0.1, -0.05) is 0 Å². The van der Waals surface area contributed by atoms with Crippen molar-refractivity contribution in [2.75, 3.05) is 37.4 Å². The van der Waals surface area contributed by atoms with Crippen molar-refractivity contribution in [3.63, 3.8) is 0 Å². The van der Waals surface area contributed by atoms with Gasteiger partial charge < -0.3 is 21.1 Å². The number of benzene rings is 1. The Morgan fingerprint density at radius 1 is 1.45 bits per heavy atom. The highest BCUT2D eigenvalue weighted by Gasteiger charge is 2.20. The quantitative estimate of drug-likeness (QED) is 0.501. The van der Waals surface area contributed by atoms with Crippen LogP contribution in [0, 0.1) is 5.92 Å². The molecule has 0 radical (unpaired) electrons. The summed E-state index contributed by atoms with van der Waals surface area (Å²) in [5.41, 5.74) is 7.94. The van der Waals surface area contributed by atoms with Gasteiger partial charge in [-0.15, -0.1) is 0 Å². The number of hydrogen-bond donors (Lipinski definition) is 3. The van der Waals surface area contributed by atoms with Gasteiger partial charge in [0.2, 0.25) is 0 Å². The summed E-state index contributed by atoms with van der Waals surface area (Å²) in [5, 5.41) is 5.99. The summed E-state index contributed by atoms with van der Waals surface area (Å²) < 4.78 is 5.55. The molecule has 1 aliphatic carbocycles. The molecule has 1 amide bonds. The van der Waals surface area contributed by atoms with Crippen molar-refractivity contribution in [3.05, 3.63) is 23.8 Å². The van der Waals surface area contributed by atoms with E-state index in [-0.39, 0.29) is 5.91 Å². The molecule has 0 spiro atoms. The molecule has 0 bridgehead atoms. The zero-order valence-electron chi connectivity index (χ0n) is 11.9. The van der Waals surface area contributed by atoms with Crippen LogP contribution >= 0.6 is 0 Å². The highest BCUT2D eigenvalue weighted by atomic mass is 16.5. The van der Waals surface area contributed by atoms with Crippen LogP contribution in [-0.2, 0) is 4.74 Å². The summed E-state index contributed by atoms with van der Waals surface area (Å²) in [6, 6.07) is 5.26. The van der Waals surface area contributed by atoms with Crippen LogP contribution in [0.5, 0.6) is 0 Å². The fourth-order valence-electron chi connectivity index (χ4n) is 1.91. The monoisotopic (exact) mass is 277 g/mol. The normalized spacial score (nSPS) is 14.1. The van der Waals surface area contributed by atoms with Gasteiger partial charge in [0.05, 0.1) is 18.0 Å². The fourth-order valence-corrected chi connectivity index (χ4v) is 1.91. The molecule has 0 heterocycles. The highest BCUT2D eigenvalue weighted by molar-refractivity contribution is 5.96. The molecule has 5 nitrogen and oxygen atoms in total. The Balaban J connectivity index is 1.82. The van der Waals surface area contributed by atoms with Gasteiger partial charge in [0.25, 0.3) is 5.91 Å². The average molecular weight is 277 g/mol. The predicted octanol–water partition coefficient (Wildman–Crippen LogP) is 1.86. The van der Waals surface area contributed by atoms with Crippen LogP contribution in [0.25, 0.3) is 0 Å². The number of amides is 1. The van der Waals surface area contributed by atoms with Crippen LogP contribution in [0.4, 0.5) is 11.4 Å². The van der Waals surface area contributed by atoms with Gasteiger partial charge in [0.15, 0.2) is 0 Å². The van der Waals surface area contributed by atoms with Gasteiger partial charge >= 0.3 is 0 Å². The molecule has 1 aromatic rings. The maximum Gasteiger partial charge on any atom is 0.251 e. The molecule has 110 valence electrons. The van der Waals surface area contributed by atoms with E-state index in [0.29, 0.717) is 30.9 Å². The molecule has 0 saturated heterocycles. The summed E-state index contributed by atoms with van der Waals surface area (Å²) in [6.07, 6.45) is 2.60. The lowest BCUT2D eigenvalue weighted by Gasteiger charge is -2.11. The lowest BCUT2D eigenvalue weighted by Crippen LogP contribution is -2.23. The maximum absolute atomic E-state index is 11.8. The number of nitrogens with one attached hydrogen (secondary N) is 2. The molecule has 0 unspecified atom stereocenters. The topological polar surface area (TPSA) is 76.4 Å². The molecule has 0 atom stereocenters. The summed E-state index contributed by atoms with van der Waals surface area (Å²) in [4.78, 5) is 11.8. The van der Waals surface area contributed by atoms with E-state index < -0.39 is 0 Å². The number of nitrogens with two attached hydrogens (primary N) is 1. The number of anilines is 2.